The molecule has 0 spiro atoms. The molecule has 2 aromatic heterocycles. The van der Waals surface area contributed by atoms with Crippen LogP contribution in [0.5, 0.6) is 11.8 Å². The van der Waals surface area contributed by atoms with Crippen molar-refractivity contribution in [3.05, 3.63) is 47.7 Å². The van der Waals surface area contributed by atoms with Crippen LogP contribution in [0.3, 0.4) is 0 Å². The van der Waals surface area contributed by atoms with Crippen LogP contribution < -0.4 is 9.64 Å². The summed E-state index contributed by atoms with van der Waals surface area (Å²) in [4.78, 5) is 18.7. The number of piperidine rings is 1. The van der Waals surface area contributed by atoms with Gasteiger partial charge in [0.05, 0.1) is 37.4 Å². The van der Waals surface area contributed by atoms with Gasteiger partial charge in [-0.15, -0.1) is 0 Å². The van der Waals surface area contributed by atoms with Gasteiger partial charge in [0.1, 0.15) is 34.2 Å². The molecule has 0 amide bonds. The predicted molar refractivity (Wildman–Crippen MR) is 195 cm³/mol. The van der Waals surface area contributed by atoms with Crippen LogP contribution in [0.25, 0.3) is 32.9 Å². The molecule has 4 fully saturated rings. The number of rotatable bonds is 8. The minimum Gasteiger partial charge on any atom is -0.508 e. The molecule has 2 saturated heterocycles. The van der Waals surface area contributed by atoms with E-state index in [1.54, 1.807) is 26.2 Å². The molecule has 0 bridgehead atoms. The number of pyridine rings is 1. The van der Waals surface area contributed by atoms with Gasteiger partial charge in [-0.2, -0.15) is 9.97 Å². The SMILES string of the molecule is CCc1c(F)ccc2cc(O)cc(-c3ncc4c(N5CCOCC(C)(O)C5)nc(OCC56CCCC5N(C5CC(C)(OC)C5)CCC6)nc4c3F)c12. The average Bonchev–Trinajstić information content (AvgIpc) is 3.46. The topological polar surface area (TPSA) is 113 Å². The van der Waals surface area contributed by atoms with Gasteiger partial charge in [0.25, 0.3) is 0 Å². The third-order valence-corrected chi connectivity index (χ3v) is 12.3. The van der Waals surface area contributed by atoms with Gasteiger partial charge in [0.15, 0.2) is 5.82 Å². The van der Waals surface area contributed by atoms with Crippen molar-refractivity contribution in [1.29, 1.82) is 0 Å². The number of anilines is 1. The van der Waals surface area contributed by atoms with E-state index in [2.05, 4.69) is 16.8 Å². The summed E-state index contributed by atoms with van der Waals surface area (Å²) in [6, 6.07) is 6.83. The summed E-state index contributed by atoms with van der Waals surface area (Å²) in [6.45, 7) is 8.30. The highest BCUT2D eigenvalue weighted by molar-refractivity contribution is 6.01. The Kier molecular flexibility index (Phi) is 9.03. The summed E-state index contributed by atoms with van der Waals surface area (Å²) in [5, 5.41) is 23.2. The summed E-state index contributed by atoms with van der Waals surface area (Å²) in [5.74, 6) is -0.829. The number of halogens is 2. The lowest BCUT2D eigenvalue weighted by molar-refractivity contribution is -0.134. The molecule has 8 rings (SSSR count). The van der Waals surface area contributed by atoms with Gasteiger partial charge in [-0.05, 0) is 99.9 Å². The van der Waals surface area contributed by atoms with Crippen molar-refractivity contribution in [1.82, 2.24) is 19.9 Å². The fraction of sp³-hybridized carbons (Fsp3) is 0.575. The van der Waals surface area contributed by atoms with Crippen molar-refractivity contribution in [3.63, 3.8) is 0 Å². The molecule has 12 heteroatoms. The van der Waals surface area contributed by atoms with E-state index in [4.69, 9.17) is 24.2 Å². The summed E-state index contributed by atoms with van der Waals surface area (Å²) in [7, 11) is 1.80. The first-order chi connectivity index (χ1) is 24.9. The minimum absolute atomic E-state index is 0.000172. The molecule has 4 heterocycles. The van der Waals surface area contributed by atoms with E-state index in [0.717, 1.165) is 51.5 Å². The normalized spacial score (nSPS) is 29.6. The van der Waals surface area contributed by atoms with E-state index in [0.29, 0.717) is 65.8 Å². The van der Waals surface area contributed by atoms with E-state index < -0.39 is 17.2 Å². The number of benzene rings is 2. The second-order valence-electron chi connectivity index (χ2n) is 16.1. The molecule has 0 radical (unpaired) electrons. The molecule has 2 aliphatic carbocycles. The van der Waals surface area contributed by atoms with Gasteiger partial charge in [0, 0.05) is 42.9 Å². The molecule has 2 N–H and O–H groups in total. The van der Waals surface area contributed by atoms with Crippen molar-refractivity contribution >= 4 is 27.5 Å². The molecule has 2 aliphatic heterocycles. The zero-order chi connectivity index (χ0) is 36.4. The van der Waals surface area contributed by atoms with Crippen molar-refractivity contribution in [2.75, 3.05) is 51.5 Å². The van der Waals surface area contributed by atoms with Crippen molar-refractivity contribution in [2.24, 2.45) is 5.41 Å². The lowest BCUT2D eigenvalue weighted by Gasteiger charge is -2.56. The molecule has 4 aromatic rings. The van der Waals surface area contributed by atoms with Crippen LogP contribution in [0.1, 0.15) is 71.3 Å². The predicted octanol–water partition coefficient (Wildman–Crippen LogP) is 6.56. The number of hydrogen-bond donors (Lipinski definition) is 2. The average molecular weight is 718 g/mol. The number of phenols is 1. The first-order valence-electron chi connectivity index (χ1n) is 18.7. The van der Waals surface area contributed by atoms with Crippen LogP contribution in [-0.2, 0) is 15.9 Å². The number of nitrogens with zero attached hydrogens (tertiary/aromatic N) is 5. The fourth-order valence-electron chi connectivity index (χ4n) is 9.65. The Morgan fingerprint density at radius 3 is 2.67 bits per heavy atom. The highest BCUT2D eigenvalue weighted by Gasteiger charge is 2.54. The number of likely N-dealkylation sites (tertiary alicyclic amines) is 1. The quantitative estimate of drug-likeness (QED) is 0.208. The molecule has 10 nitrogen and oxygen atoms in total. The van der Waals surface area contributed by atoms with Crippen LogP contribution in [-0.4, -0.2) is 99.9 Å². The molecule has 2 aromatic carbocycles. The number of hydrogen-bond acceptors (Lipinski definition) is 10. The van der Waals surface area contributed by atoms with E-state index in [9.17, 15) is 10.2 Å². The van der Waals surface area contributed by atoms with Gasteiger partial charge in [0.2, 0.25) is 0 Å². The van der Waals surface area contributed by atoms with Gasteiger partial charge in [-0.25, -0.2) is 8.78 Å². The summed E-state index contributed by atoms with van der Waals surface area (Å²) in [5.41, 5.74) is -0.685. The third-order valence-electron chi connectivity index (χ3n) is 12.3. The van der Waals surface area contributed by atoms with Crippen LogP contribution >= 0.6 is 0 Å². The Hall–Kier alpha value is -3.71. The zero-order valence-corrected chi connectivity index (χ0v) is 30.6. The fourth-order valence-corrected chi connectivity index (χ4v) is 9.65. The Morgan fingerprint density at radius 1 is 1.08 bits per heavy atom. The number of phenolic OH excluding ortho intramolecular Hbond substituents is 1. The Morgan fingerprint density at radius 2 is 1.88 bits per heavy atom. The second kappa shape index (κ2) is 13.3. The van der Waals surface area contributed by atoms with Crippen LogP contribution in [0.15, 0.2) is 30.5 Å². The number of aromatic hydroxyl groups is 1. The van der Waals surface area contributed by atoms with Gasteiger partial charge < -0.3 is 29.3 Å². The van der Waals surface area contributed by atoms with Crippen molar-refractivity contribution < 1.29 is 33.2 Å². The van der Waals surface area contributed by atoms with E-state index >= 15 is 8.78 Å². The molecular formula is C40H49F2N5O5. The maximum Gasteiger partial charge on any atom is 0.319 e. The maximum absolute atomic E-state index is 17.1. The number of aromatic nitrogens is 3. The minimum atomic E-state index is -1.18. The zero-order valence-electron chi connectivity index (χ0n) is 30.6. The molecule has 278 valence electrons. The van der Waals surface area contributed by atoms with E-state index in [1.807, 2.05) is 11.8 Å². The molecule has 4 aliphatic rings. The highest BCUT2D eigenvalue weighted by Crippen LogP contribution is 2.52. The van der Waals surface area contributed by atoms with Gasteiger partial charge in [-0.1, -0.05) is 19.4 Å². The summed E-state index contributed by atoms with van der Waals surface area (Å²) in [6.07, 6.45) is 9.31. The van der Waals surface area contributed by atoms with Crippen LogP contribution in [0.4, 0.5) is 14.6 Å². The largest absolute Gasteiger partial charge is 0.508 e. The number of methoxy groups -OCH3 is 1. The van der Waals surface area contributed by atoms with Gasteiger partial charge in [-0.3, -0.25) is 9.88 Å². The molecular weight excluding hydrogens is 668 g/mol. The standard InChI is InChI=1S/C40H49F2N5O5/c1-5-27-30(41)10-9-24-16-26(48)17-28(32(24)27)34-33(42)35-29(20-43-34)36(46-14-15-51-22-38(2,49)21-46)45-37(44-35)52-23-40-11-6-8-31(40)47(13-7-12-40)25-18-39(3,19-25)50-4/h9-10,16-17,20,25,31,48-49H,5-8,11-15,18-19,21-23H2,1-4H3. The number of β-amino-alcohol motifs (C(OH)–C–C–N with tert-alkyl or cyclic N) is 1. The Bertz CT molecular complexity index is 2010. The second-order valence-corrected chi connectivity index (χ2v) is 16.1. The lowest BCUT2D eigenvalue weighted by Crippen LogP contribution is -2.62. The summed E-state index contributed by atoms with van der Waals surface area (Å²) >= 11 is 0. The first kappa shape index (κ1) is 35.3. The van der Waals surface area contributed by atoms with Crippen LogP contribution in [0, 0.1) is 17.0 Å². The number of fused-ring (bicyclic) bond motifs is 3. The smallest absolute Gasteiger partial charge is 0.319 e. The van der Waals surface area contributed by atoms with Gasteiger partial charge >= 0.3 is 6.01 Å². The highest BCUT2D eigenvalue weighted by atomic mass is 19.1. The van der Waals surface area contributed by atoms with E-state index in [-0.39, 0.29) is 52.7 Å². The first-order valence-corrected chi connectivity index (χ1v) is 18.7. The number of ether oxygens (including phenoxy) is 3. The third kappa shape index (κ3) is 6.15. The Balaban J connectivity index is 1.21. The number of aliphatic hydroxyl groups is 1. The van der Waals surface area contributed by atoms with Crippen LogP contribution in [0.2, 0.25) is 0 Å². The maximum atomic E-state index is 17.1. The monoisotopic (exact) mass is 717 g/mol. The van der Waals surface area contributed by atoms with Crippen molar-refractivity contribution in [3.8, 4) is 23.0 Å². The van der Waals surface area contributed by atoms with Crippen molar-refractivity contribution in [2.45, 2.75) is 95.4 Å². The molecule has 52 heavy (non-hydrogen) atoms. The summed E-state index contributed by atoms with van der Waals surface area (Å²) < 4.78 is 50.3. The van der Waals surface area contributed by atoms with E-state index in [1.165, 1.54) is 18.3 Å². The lowest BCUT2D eigenvalue weighted by atomic mass is 9.70. The molecule has 3 unspecified atom stereocenters. The number of aryl methyl sites for hydroxylation is 1. The molecule has 2 saturated carbocycles. The molecule has 3 atom stereocenters. The Labute approximate surface area is 303 Å².